The van der Waals surface area contributed by atoms with E-state index in [0.29, 0.717) is 29.6 Å². The molecule has 1 atom stereocenters. The maximum atomic E-state index is 13.0. The molecule has 2 aromatic heterocycles. The lowest BCUT2D eigenvalue weighted by Crippen LogP contribution is -2.44. The molecule has 0 aliphatic carbocycles. The lowest BCUT2D eigenvalue weighted by atomic mass is 9.97. The highest BCUT2D eigenvalue weighted by atomic mass is 35.5. The molecular formula is C22H21ClN4O2S. The zero-order valence-electron chi connectivity index (χ0n) is 16.5. The molecule has 3 aromatic rings. The smallest absolute Gasteiger partial charge is 0.273 e. The van der Waals surface area contributed by atoms with E-state index in [1.54, 1.807) is 22.4 Å². The summed E-state index contributed by atoms with van der Waals surface area (Å²) in [5.74, 6) is 0.0133. The van der Waals surface area contributed by atoms with Gasteiger partial charge in [-0.3, -0.25) is 9.59 Å². The van der Waals surface area contributed by atoms with Crippen molar-refractivity contribution >= 4 is 40.6 Å². The maximum absolute atomic E-state index is 13.0. The van der Waals surface area contributed by atoms with E-state index in [0.717, 1.165) is 29.1 Å². The number of anilines is 1. The number of hydrogen-bond acceptors (Lipinski definition) is 5. The number of pyridine rings is 1. The predicted octanol–water partition coefficient (Wildman–Crippen LogP) is 4.66. The second-order valence-electron chi connectivity index (χ2n) is 7.29. The topological polar surface area (TPSA) is 75.2 Å². The number of aryl methyl sites for hydroxylation is 1. The average molecular weight is 441 g/mol. The van der Waals surface area contributed by atoms with Crippen molar-refractivity contribution in [1.82, 2.24) is 14.9 Å². The Labute approximate surface area is 183 Å². The van der Waals surface area contributed by atoms with Crippen molar-refractivity contribution in [3.05, 3.63) is 64.3 Å². The van der Waals surface area contributed by atoms with Gasteiger partial charge in [-0.15, -0.1) is 11.3 Å². The summed E-state index contributed by atoms with van der Waals surface area (Å²) in [4.78, 5) is 36.2. The van der Waals surface area contributed by atoms with Crippen LogP contribution in [0.25, 0.3) is 10.6 Å². The minimum atomic E-state index is -0.268. The van der Waals surface area contributed by atoms with Crippen molar-refractivity contribution in [2.45, 2.75) is 19.8 Å². The van der Waals surface area contributed by atoms with Crippen molar-refractivity contribution in [2.24, 2.45) is 5.92 Å². The first kappa shape index (κ1) is 20.5. The first-order valence-electron chi connectivity index (χ1n) is 9.75. The zero-order chi connectivity index (χ0) is 21.1. The standard InChI is InChI=1S/C22H21ClN4O2S/c1-14-5-2-9-19(24-14)26-20(28)16-7-4-10-27(12-16)22(29)18-13-30-21(25-18)15-6-3-8-17(23)11-15/h2-3,5-6,8-9,11,13,16H,4,7,10,12H2,1H3,(H,24,26,28). The molecule has 3 heterocycles. The Hall–Kier alpha value is -2.77. The van der Waals surface area contributed by atoms with Gasteiger partial charge in [-0.05, 0) is 44.0 Å². The molecule has 0 bridgehead atoms. The highest BCUT2D eigenvalue weighted by Crippen LogP contribution is 2.27. The number of aromatic nitrogens is 2. The van der Waals surface area contributed by atoms with Crippen molar-refractivity contribution in [3.8, 4) is 10.6 Å². The van der Waals surface area contributed by atoms with Crippen LogP contribution in [0.4, 0.5) is 5.82 Å². The number of benzene rings is 1. The first-order valence-corrected chi connectivity index (χ1v) is 11.0. The number of hydrogen-bond donors (Lipinski definition) is 1. The Morgan fingerprint density at radius 3 is 2.83 bits per heavy atom. The molecule has 8 heteroatoms. The van der Waals surface area contributed by atoms with Gasteiger partial charge in [-0.2, -0.15) is 0 Å². The summed E-state index contributed by atoms with van der Waals surface area (Å²) in [6.45, 7) is 2.87. The third kappa shape index (κ3) is 4.68. The van der Waals surface area contributed by atoms with Crippen LogP contribution in [0.3, 0.4) is 0 Å². The van der Waals surface area contributed by atoms with E-state index in [-0.39, 0.29) is 17.7 Å². The Morgan fingerprint density at radius 2 is 2.03 bits per heavy atom. The molecule has 1 aromatic carbocycles. The third-order valence-electron chi connectivity index (χ3n) is 5.01. The van der Waals surface area contributed by atoms with Gasteiger partial charge in [0, 0.05) is 34.7 Å². The molecule has 30 heavy (non-hydrogen) atoms. The molecule has 1 aliphatic heterocycles. The monoisotopic (exact) mass is 440 g/mol. The molecule has 6 nitrogen and oxygen atoms in total. The highest BCUT2D eigenvalue weighted by molar-refractivity contribution is 7.13. The highest BCUT2D eigenvalue weighted by Gasteiger charge is 2.30. The van der Waals surface area contributed by atoms with Gasteiger partial charge in [-0.25, -0.2) is 9.97 Å². The largest absolute Gasteiger partial charge is 0.336 e. The number of thiazole rings is 1. The van der Waals surface area contributed by atoms with Gasteiger partial charge in [0.05, 0.1) is 5.92 Å². The molecule has 1 aliphatic rings. The minimum absolute atomic E-state index is 0.108. The fraction of sp³-hybridized carbons (Fsp3) is 0.273. The van der Waals surface area contributed by atoms with Gasteiger partial charge in [0.25, 0.3) is 5.91 Å². The van der Waals surface area contributed by atoms with Crippen LogP contribution in [0.15, 0.2) is 47.8 Å². The Bertz CT molecular complexity index is 1080. The van der Waals surface area contributed by atoms with Gasteiger partial charge < -0.3 is 10.2 Å². The second kappa shape index (κ2) is 8.93. The number of nitrogens with zero attached hydrogens (tertiary/aromatic N) is 3. The molecule has 0 saturated carbocycles. The summed E-state index contributed by atoms with van der Waals surface area (Å²) in [5.41, 5.74) is 2.12. The third-order valence-corrected chi connectivity index (χ3v) is 6.14. The van der Waals surface area contributed by atoms with E-state index < -0.39 is 0 Å². The number of carbonyl (C=O) groups excluding carboxylic acids is 2. The summed E-state index contributed by atoms with van der Waals surface area (Å²) < 4.78 is 0. The van der Waals surface area contributed by atoms with Crippen molar-refractivity contribution in [3.63, 3.8) is 0 Å². The van der Waals surface area contributed by atoms with E-state index in [1.807, 2.05) is 37.3 Å². The second-order valence-corrected chi connectivity index (χ2v) is 8.59. The molecule has 1 N–H and O–H groups in total. The fourth-order valence-corrected chi connectivity index (χ4v) is 4.49. The van der Waals surface area contributed by atoms with Crippen LogP contribution < -0.4 is 5.32 Å². The van der Waals surface area contributed by atoms with E-state index >= 15 is 0 Å². The van der Waals surface area contributed by atoms with E-state index in [1.165, 1.54) is 11.3 Å². The van der Waals surface area contributed by atoms with Gasteiger partial charge in [0.1, 0.15) is 16.5 Å². The van der Waals surface area contributed by atoms with Crippen LogP contribution in [0.5, 0.6) is 0 Å². The first-order chi connectivity index (χ1) is 14.5. The summed E-state index contributed by atoms with van der Waals surface area (Å²) in [5, 5.41) is 6.01. The van der Waals surface area contributed by atoms with Crippen LogP contribution in [-0.4, -0.2) is 39.8 Å². The molecule has 1 fully saturated rings. The van der Waals surface area contributed by atoms with Gasteiger partial charge in [0.15, 0.2) is 0 Å². The number of amides is 2. The molecule has 154 valence electrons. The van der Waals surface area contributed by atoms with Crippen molar-refractivity contribution in [2.75, 3.05) is 18.4 Å². The number of nitrogens with one attached hydrogen (secondary N) is 1. The van der Waals surface area contributed by atoms with Crippen molar-refractivity contribution < 1.29 is 9.59 Å². The average Bonchev–Trinajstić information content (AvgIpc) is 3.24. The summed E-state index contributed by atoms with van der Waals surface area (Å²) >= 11 is 7.47. The Balaban J connectivity index is 1.43. The quantitative estimate of drug-likeness (QED) is 0.640. The fourth-order valence-electron chi connectivity index (χ4n) is 3.50. The summed E-state index contributed by atoms with van der Waals surface area (Å²) in [6.07, 6.45) is 1.52. The molecular weight excluding hydrogens is 420 g/mol. The zero-order valence-corrected chi connectivity index (χ0v) is 18.0. The predicted molar refractivity (Wildman–Crippen MR) is 119 cm³/mol. The molecule has 0 radical (unpaired) electrons. The molecule has 1 unspecified atom stereocenters. The number of likely N-dealkylation sites (tertiary alicyclic amines) is 1. The van der Waals surface area contributed by atoms with Gasteiger partial charge >= 0.3 is 0 Å². The van der Waals surface area contributed by atoms with Crippen LogP contribution in [0.1, 0.15) is 29.0 Å². The van der Waals surface area contributed by atoms with E-state index in [4.69, 9.17) is 11.6 Å². The number of halogens is 1. The van der Waals surface area contributed by atoms with Crippen LogP contribution in [0, 0.1) is 12.8 Å². The number of piperidine rings is 1. The molecule has 1 saturated heterocycles. The summed E-state index contributed by atoms with van der Waals surface area (Å²) in [6, 6.07) is 12.9. The molecule has 0 spiro atoms. The minimum Gasteiger partial charge on any atom is -0.336 e. The SMILES string of the molecule is Cc1cccc(NC(=O)C2CCCN(C(=O)c3csc(-c4cccc(Cl)c4)n3)C2)n1. The lowest BCUT2D eigenvalue weighted by molar-refractivity contribution is -0.121. The lowest BCUT2D eigenvalue weighted by Gasteiger charge is -2.31. The Morgan fingerprint density at radius 1 is 1.20 bits per heavy atom. The van der Waals surface area contributed by atoms with Gasteiger partial charge in [0.2, 0.25) is 5.91 Å². The maximum Gasteiger partial charge on any atom is 0.273 e. The number of carbonyl (C=O) groups is 2. The van der Waals surface area contributed by atoms with E-state index in [9.17, 15) is 9.59 Å². The van der Waals surface area contributed by atoms with E-state index in [2.05, 4.69) is 15.3 Å². The normalized spacial score (nSPS) is 16.3. The van der Waals surface area contributed by atoms with Gasteiger partial charge in [-0.1, -0.05) is 29.8 Å². The van der Waals surface area contributed by atoms with Crippen LogP contribution in [-0.2, 0) is 4.79 Å². The summed E-state index contributed by atoms with van der Waals surface area (Å²) in [7, 11) is 0. The number of rotatable bonds is 4. The van der Waals surface area contributed by atoms with Crippen molar-refractivity contribution in [1.29, 1.82) is 0 Å². The molecule has 2 amide bonds. The Kier molecular flexibility index (Phi) is 6.11. The van der Waals surface area contributed by atoms with Crippen LogP contribution >= 0.6 is 22.9 Å². The molecule has 4 rings (SSSR count). The van der Waals surface area contributed by atoms with Crippen LogP contribution in [0.2, 0.25) is 5.02 Å².